The van der Waals surface area contributed by atoms with Crippen LogP contribution in [0.1, 0.15) is 19.3 Å². The van der Waals surface area contributed by atoms with Gasteiger partial charge in [-0.2, -0.15) is 0 Å². The van der Waals surface area contributed by atoms with Gasteiger partial charge in [0.05, 0.1) is 19.3 Å². The van der Waals surface area contributed by atoms with Gasteiger partial charge in [0.1, 0.15) is 0 Å². The molecule has 1 rings (SSSR count). The minimum absolute atomic E-state index is 0.133. The van der Waals surface area contributed by atoms with Crippen LogP contribution in [-0.2, 0) is 9.47 Å². The standard InChI is InChI=1S/C11H23NO3/c1-14-9-2-5-12-6-3-11(4-7-12)15-10-8-13/h11,13H,2-10H2,1H3. The second-order valence-corrected chi connectivity index (χ2v) is 3.98. The van der Waals surface area contributed by atoms with Crippen LogP contribution >= 0.6 is 0 Å². The van der Waals surface area contributed by atoms with E-state index in [1.54, 1.807) is 7.11 Å². The van der Waals surface area contributed by atoms with Crippen LogP contribution in [0.25, 0.3) is 0 Å². The summed E-state index contributed by atoms with van der Waals surface area (Å²) in [6, 6.07) is 0. The van der Waals surface area contributed by atoms with Crippen molar-refractivity contribution in [2.24, 2.45) is 0 Å². The number of rotatable bonds is 7. The highest BCUT2D eigenvalue weighted by Gasteiger charge is 2.18. The molecule has 4 heteroatoms. The zero-order valence-corrected chi connectivity index (χ0v) is 9.65. The summed E-state index contributed by atoms with van der Waals surface area (Å²) >= 11 is 0. The largest absolute Gasteiger partial charge is 0.394 e. The minimum atomic E-state index is 0.133. The molecule has 1 saturated heterocycles. The van der Waals surface area contributed by atoms with E-state index >= 15 is 0 Å². The van der Waals surface area contributed by atoms with E-state index in [2.05, 4.69) is 4.90 Å². The van der Waals surface area contributed by atoms with E-state index in [4.69, 9.17) is 14.6 Å². The third-order valence-electron chi connectivity index (χ3n) is 2.80. The molecular formula is C11H23NO3. The Labute approximate surface area is 92.2 Å². The molecule has 0 atom stereocenters. The lowest BCUT2D eigenvalue weighted by molar-refractivity contribution is -0.00859. The molecule has 0 aliphatic carbocycles. The molecule has 1 aliphatic rings. The zero-order chi connectivity index (χ0) is 10.9. The van der Waals surface area contributed by atoms with Crippen molar-refractivity contribution in [1.82, 2.24) is 4.90 Å². The summed E-state index contributed by atoms with van der Waals surface area (Å²) in [6.45, 7) is 4.81. The van der Waals surface area contributed by atoms with Gasteiger partial charge in [0.2, 0.25) is 0 Å². The number of aliphatic hydroxyl groups is 1. The predicted octanol–water partition coefficient (Wildman–Crippen LogP) is 0.496. The van der Waals surface area contributed by atoms with E-state index < -0.39 is 0 Å². The SMILES string of the molecule is COCCCN1CCC(OCCO)CC1. The Morgan fingerprint density at radius 3 is 2.60 bits per heavy atom. The van der Waals surface area contributed by atoms with Gasteiger partial charge in [-0.3, -0.25) is 0 Å². The van der Waals surface area contributed by atoms with Crippen LogP contribution < -0.4 is 0 Å². The first-order valence-corrected chi connectivity index (χ1v) is 5.80. The summed E-state index contributed by atoms with van der Waals surface area (Å²) in [5.41, 5.74) is 0. The van der Waals surface area contributed by atoms with E-state index in [1.807, 2.05) is 0 Å². The molecule has 0 spiro atoms. The topological polar surface area (TPSA) is 41.9 Å². The summed E-state index contributed by atoms with van der Waals surface area (Å²) in [7, 11) is 1.75. The van der Waals surface area contributed by atoms with Gasteiger partial charge in [-0.25, -0.2) is 0 Å². The fourth-order valence-electron chi connectivity index (χ4n) is 1.95. The molecule has 0 radical (unpaired) electrons. The van der Waals surface area contributed by atoms with E-state index in [-0.39, 0.29) is 6.61 Å². The summed E-state index contributed by atoms with van der Waals surface area (Å²) in [6.07, 6.45) is 3.65. The summed E-state index contributed by atoms with van der Waals surface area (Å²) in [5.74, 6) is 0. The fourth-order valence-corrected chi connectivity index (χ4v) is 1.95. The van der Waals surface area contributed by atoms with Gasteiger partial charge in [0, 0.05) is 33.4 Å². The van der Waals surface area contributed by atoms with E-state index in [0.29, 0.717) is 12.7 Å². The minimum Gasteiger partial charge on any atom is -0.394 e. The van der Waals surface area contributed by atoms with Crippen LogP contribution in [0.15, 0.2) is 0 Å². The Morgan fingerprint density at radius 1 is 1.27 bits per heavy atom. The Balaban J connectivity index is 2.02. The average Bonchev–Trinajstić information content (AvgIpc) is 2.28. The van der Waals surface area contributed by atoms with Crippen LogP contribution in [-0.4, -0.2) is 62.7 Å². The highest BCUT2D eigenvalue weighted by molar-refractivity contribution is 4.72. The zero-order valence-electron chi connectivity index (χ0n) is 9.65. The number of aliphatic hydroxyl groups excluding tert-OH is 1. The molecule has 0 saturated carbocycles. The molecule has 1 aliphatic heterocycles. The number of hydrogen-bond acceptors (Lipinski definition) is 4. The van der Waals surface area contributed by atoms with Gasteiger partial charge >= 0.3 is 0 Å². The third-order valence-corrected chi connectivity index (χ3v) is 2.80. The maximum Gasteiger partial charge on any atom is 0.0701 e. The number of piperidine rings is 1. The van der Waals surface area contributed by atoms with Crippen molar-refractivity contribution in [2.45, 2.75) is 25.4 Å². The molecular weight excluding hydrogens is 194 g/mol. The predicted molar refractivity (Wildman–Crippen MR) is 59.0 cm³/mol. The number of ether oxygens (including phenoxy) is 2. The van der Waals surface area contributed by atoms with Crippen molar-refractivity contribution in [3.63, 3.8) is 0 Å². The second-order valence-electron chi connectivity index (χ2n) is 3.98. The Hall–Kier alpha value is -0.160. The Morgan fingerprint density at radius 2 is 2.00 bits per heavy atom. The van der Waals surface area contributed by atoms with Gasteiger partial charge in [-0.1, -0.05) is 0 Å². The smallest absolute Gasteiger partial charge is 0.0701 e. The van der Waals surface area contributed by atoms with Gasteiger partial charge in [-0.15, -0.1) is 0 Å². The lowest BCUT2D eigenvalue weighted by Gasteiger charge is -2.31. The molecule has 0 unspecified atom stereocenters. The van der Waals surface area contributed by atoms with Crippen LogP contribution in [0.2, 0.25) is 0 Å². The summed E-state index contributed by atoms with van der Waals surface area (Å²) in [5, 5.41) is 8.64. The molecule has 0 aromatic heterocycles. The number of nitrogens with zero attached hydrogens (tertiary/aromatic N) is 1. The summed E-state index contributed by atoms with van der Waals surface area (Å²) < 4.78 is 10.5. The highest BCUT2D eigenvalue weighted by Crippen LogP contribution is 2.13. The monoisotopic (exact) mass is 217 g/mol. The molecule has 0 aromatic rings. The molecule has 90 valence electrons. The Kier molecular flexibility index (Phi) is 6.92. The molecule has 1 N–H and O–H groups in total. The third kappa shape index (κ3) is 5.47. The normalized spacial score (nSPS) is 19.6. The molecule has 15 heavy (non-hydrogen) atoms. The van der Waals surface area contributed by atoms with Crippen LogP contribution in [0.3, 0.4) is 0 Å². The van der Waals surface area contributed by atoms with Crippen LogP contribution in [0, 0.1) is 0 Å². The maximum absolute atomic E-state index is 8.64. The van der Waals surface area contributed by atoms with Gasteiger partial charge < -0.3 is 19.5 Å². The number of likely N-dealkylation sites (tertiary alicyclic amines) is 1. The van der Waals surface area contributed by atoms with Crippen molar-refractivity contribution < 1.29 is 14.6 Å². The second kappa shape index (κ2) is 8.05. The average molecular weight is 217 g/mol. The van der Waals surface area contributed by atoms with E-state index in [0.717, 1.165) is 45.5 Å². The van der Waals surface area contributed by atoms with Crippen molar-refractivity contribution in [3.8, 4) is 0 Å². The molecule has 0 aromatic carbocycles. The first kappa shape index (κ1) is 12.9. The fraction of sp³-hybridized carbons (Fsp3) is 1.00. The highest BCUT2D eigenvalue weighted by atomic mass is 16.5. The molecule has 0 amide bonds. The number of methoxy groups -OCH3 is 1. The van der Waals surface area contributed by atoms with Gasteiger partial charge in [0.15, 0.2) is 0 Å². The van der Waals surface area contributed by atoms with E-state index in [9.17, 15) is 0 Å². The van der Waals surface area contributed by atoms with Crippen LogP contribution in [0.4, 0.5) is 0 Å². The van der Waals surface area contributed by atoms with Crippen LogP contribution in [0.5, 0.6) is 0 Å². The number of hydrogen-bond donors (Lipinski definition) is 1. The lowest BCUT2D eigenvalue weighted by atomic mass is 10.1. The lowest BCUT2D eigenvalue weighted by Crippen LogP contribution is -2.38. The molecule has 1 heterocycles. The van der Waals surface area contributed by atoms with E-state index in [1.165, 1.54) is 0 Å². The van der Waals surface area contributed by atoms with Gasteiger partial charge in [-0.05, 0) is 19.3 Å². The molecule has 0 bridgehead atoms. The van der Waals surface area contributed by atoms with Gasteiger partial charge in [0.25, 0.3) is 0 Å². The quantitative estimate of drug-likeness (QED) is 0.630. The first-order valence-electron chi connectivity index (χ1n) is 5.80. The summed E-state index contributed by atoms with van der Waals surface area (Å²) in [4.78, 5) is 2.46. The Bertz CT molecular complexity index is 147. The molecule has 1 fully saturated rings. The van der Waals surface area contributed by atoms with Crippen molar-refractivity contribution in [3.05, 3.63) is 0 Å². The van der Waals surface area contributed by atoms with Crippen molar-refractivity contribution >= 4 is 0 Å². The maximum atomic E-state index is 8.64. The first-order chi connectivity index (χ1) is 7.36. The van der Waals surface area contributed by atoms with Crippen molar-refractivity contribution in [2.75, 3.05) is 46.6 Å². The van der Waals surface area contributed by atoms with Crippen molar-refractivity contribution in [1.29, 1.82) is 0 Å². The molecule has 4 nitrogen and oxygen atoms in total.